The molecule has 0 radical (unpaired) electrons. The van der Waals surface area contributed by atoms with Gasteiger partial charge in [0, 0.05) is 13.0 Å². The summed E-state index contributed by atoms with van der Waals surface area (Å²) in [6.07, 6.45) is 8.53. The standard InChI is InChI=1S/C13H23NO2/c1-2-12(15)8-9-14-13(16)10-11-6-4-3-5-7-11/h6,12,15H,2-5,7-10H2,1H3,(H,14,16). The Kier molecular flexibility index (Phi) is 6.16. The summed E-state index contributed by atoms with van der Waals surface area (Å²) < 4.78 is 0. The summed E-state index contributed by atoms with van der Waals surface area (Å²) in [5, 5.41) is 12.2. The Morgan fingerprint density at radius 3 is 3.00 bits per heavy atom. The summed E-state index contributed by atoms with van der Waals surface area (Å²) in [7, 11) is 0. The van der Waals surface area contributed by atoms with Gasteiger partial charge in [-0.25, -0.2) is 0 Å². The van der Waals surface area contributed by atoms with Gasteiger partial charge < -0.3 is 10.4 Å². The summed E-state index contributed by atoms with van der Waals surface area (Å²) >= 11 is 0. The molecule has 3 heteroatoms. The lowest BCUT2D eigenvalue weighted by molar-refractivity contribution is -0.120. The van der Waals surface area contributed by atoms with E-state index >= 15 is 0 Å². The normalized spacial score (nSPS) is 17.8. The first-order chi connectivity index (χ1) is 7.72. The number of nitrogens with one attached hydrogen (secondary N) is 1. The highest BCUT2D eigenvalue weighted by Crippen LogP contribution is 2.19. The van der Waals surface area contributed by atoms with Crippen LogP contribution >= 0.6 is 0 Å². The lowest BCUT2D eigenvalue weighted by Crippen LogP contribution is -2.27. The molecule has 1 aliphatic carbocycles. The van der Waals surface area contributed by atoms with E-state index in [-0.39, 0.29) is 12.0 Å². The SMILES string of the molecule is CCC(O)CCNC(=O)CC1=CCCCC1. The van der Waals surface area contributed by atoms with Gasteiger partial charge in [0.1, 0.15) is 0 Å². The number of hydrogen-bond acceptors (Lipinski definition) is 2. The highest BCUT2D eigenvalue weighted by atomic mass is 16.3. The molecule has 92 valence electrons. The van der Waals surface area contributed by atoms with Crippen LogP contribution in [-0.2, 0) is 4.79 Å². The molecule has 1 atom stereocenters. The molecule has 0 spiro atoms. The van der Waals surface area contributed by atoms with Gasteiger partial charge in [-0.1, -0.05) is 18.6 Å². The number of hydrogen-bond donors (Lipinski definition) is 2. The van der Waals surface area contributed by atoms with Crippen molar-refractivity contribution in [3.63, 3.8) is 0 Å². The molecule has 3 nitrogen and oxygen atoms in total. The van der Waals surface area contributed by atoms with Gasteiger partial charge in [-0.15, -0.1) is 0 Å². The van der Waals surface area contributed by atoms with E-state index in [1.807, 2.05) is 6.92 Å². The van der Waals surface area contributed by atoms with E-state index in [2.05, 4.69) is 11.4 Å². The third-order valence-electron chi connectivity index (χ3n) is 3.04. The van der Waals surface area contributed by atoms with Crippen LogP contribution in [0.4, 0.5) is 0 Å². The number of rotatable bonds is 6. The van der Waals surface area contributed by atoms with Crippen molar-refractivity contribution in [2.75, 3.05) is 6.54 Å². The van der Waals surface area contributed by atoms with E-state index < -0.39 is 0 Å². The Morgan fingerprint density at radius 1 is 1.56 bits per heavy atom. The van der Waals surface area contributed by atoms with E-state index in [0.29, 0.717) is 19.4 Å². The highest BCUT2D eigenvalue weighted by molar-refractivity contribution is 5.78. The molecular formula is C13H23NO2. The van der Waals surface area contributed by atoms with Crippen molar-refractivity contribution in [2.45, 2.75) is 58.0 Å². The largest absolute Gasteiger partial charge is 0.393 e. The molecule has 0 fully saturated rings. The summed E-state index contributed by atoms with van der Waals surface area (Å²) in [6.45, 7) is 2.53. The predicted molar refractivity (Wildman–Crippen MR) is 65.1 cm³/mol. The maximum absolute atomic E-state index is 11.5. The average Bonchev–Trinajstić information content (AvgIpc) is 2.30. The monoisotopic (exact) mass is 225 g/mol. The van der Waals surface area contributed by atoms with Crippen molar-refractivity contribution >= 4 is 5.91 Å². The van der Waals surface area contributed by atoms with Gasteiger partial charge in [0.2, 0.25) is 5.91 Å². The molecule has 0 heterocycles. The quantitative estimate of drug-likeness (QED) is 0.680. The molecule has 1 unspecified atom stereocenters. The van der Waals surface area contributed by atoms with Crippen molar-refractivity contribution in [3.8, 4) is 0 Å². The topological polar surface area (TPSA) is 49.3 Å². The zero-order chi connectivity index (χ0) is 11.8. The number of allylic oxidation sites excluding steroid dienone is 1. The van der Waals surface area contributed by atoms with Gasteiger partial charge in [-0.05, 0) is 38.5 Å². The molecule has 0 aromatic heterocycles. The molecule has 2 N–H and O–H groups in total. The fraction of sp³-hybridized carbons (Fsp3) is 0.769. The van der Waals surface area contributed by atoms with Crippen LogP contribution in [0.3, 0.4) is 0 Å². The second-order valence-corrected chi connectivity index (χ2v) is 4.49. The van der Waals surface area contributed by atoms with E-state index in [0.717, 1.165) is 19.3 Å². The van der Waals surface area contributed by atoms with Gasteiger partial charge in [0.15, 0.2) is 0 Å². The highest BCUT2D eigenvalue weighted by Gasteiger charge is 2.09. The van der Waals surface area contributed by atoms with Gasteiger partial charge in [-0.3, -0.25) is 4.79 Å². The van der Waals surface area contributed by atoms with Crippen molar-refractivity contribution in [1.82, 2.24) is 5.32 Å². The first kappa shape index (κ1) is 13.2. The van der Waals surface area contributed by atoms with Gasteiger partial charge >= 0.3 is 0 Å². The Bertz CT molecular complexity index is 248. The zero-order valence-corrected chi connectivity index (χ0v) is 10.2. The molecule has 1 aliphatic rings. The smallest absolute Gasteiger partial charge is 0.224 e. The number of aliphatic hydroxyl groups excluding tert-OH is 1. The first-order valence-electron chi connectivity index (χ1n) is 6.35. The lowest BCUT2D eigenvalue weighted by Gasteiger charge is -2.13. The van der Waals surface area contributed by atoms with Crippen molar-refractivity contribution in [3.05, 3.63) is 11.6 Å². The number of amides is 1. The zero-order valence-electron chi connectivity index (χ0n) is 10.2. The minimum atomic E-state index is -0.283. The molecule has 0 aromatic carbocycles. The molecule has 0 aliphatic heterocycles. The van der Waals surface area contributed by atoms with Gasteiger partial charge in [-0.2, -0.15) is 0 Å². The maximum Gasteiger partial charge on any atom is 0.224 e. The molecule has 0 saturated heterocycles. The summed E-state index contributed by atoms with van der Waals surface area (Å²) in [4.78, 5) is 11.5. The van der Waals surface area contributed by atoms with Crippen LogP contribution in [0.1, 0.15) is 51.9 Å². The first-order valence-corrected chi connectivity index (χ1v) is 6.35. The van der Waals surface area contributed by atoms with Crippen LogP contribution in [0.5, 0.6) is 0 Å². The van der Waals surface area contributed by atoms with E-state index in [1.54, 1.807) is 0 Å². The second kappa shape index (κ2) is 7.44. The molecule has 0 aromatic rings. The van der Waals surface area contributed by atoms with Crippen LogP contribution in [0.2, 0.25) is 0 Å². The van der Waals surface area contributed by atoms with Gasteiger partial charge in [0.05, 0.1) is 6.10 Å². The number of carbonyl (C=O) groups is 1. The molecular weight excluding hydrogens is 202 g/mol. The van der Waals surface area contributed by atoms with Crippen molar-refractivity contribution in [1.29, 1.82) is 0 Å². The summed E-state index contributed by atoms with van der Waals surface area (Å²) in [5.74, 6) is 0.0939. The van der Waals surface area contributed by atoms with Crippen molar-refractivity contribution < 1.29 is 9.90 Å². The van der Waals surface area contributed by atoms with E-state index in [4.69, 9.17) is 0 Å². The third-order valence-corrected chi connectivity index (χ3v) is 3.04. The fourth-order valence-corrected chi connectivity index (χ4v) is 1.92. The Labute approximate surface area is 97.9 Å². The van der Waals surface area contributed by atoms with Crippen molar-refractivity contribution in [2.24, 2.45) is 0 Å². The summed E-state index contributed by atoms with van der Waals surface area (Å²) in [5.41, 5.74) is 1.28. The summed E-state index contributed by atoms with van der Waals surface area (Å²) in [6, 6.07) is 0. The van der Waals surface area contributed by atoms with Crippen LogP contribution in [0, 0.1) is 0 Å². The molecule has 0 saturated carbocycles. The Morgan fingerprint density at radius 2 is 2.38 bits per heavy atom. The third kappa shape index (κ3) is 5.31. The molecule has 1 rings (SSSR count). The van der Waals surface area contributed by atoms with Crippen LogP contribution in [0.15, 0.2) is 11.6 Å². The maximum atomic E-state index is 11.5. The minimum Gasteiger partial charge on any atom is -0.393 e. The minimum absolute atomic E-state index is 0.0939. The lowest BCUT2D eigenvalue weighted by atomic mass is 9.97. The molecule has 16 heavy (non-hydrogen) atoms. The predicted octanol–water partition coefficient (Wildman–Crippen LogP) is 2.15. The van der Waals surface area contributed by atoms with Crippen LogP contribution in [0.25, 0.3) is 0 Å². The Hall–Kier alpha value is -0.830. The average molecular weight is 225 g/mol. The van der Waals surface area contributed by atoms with E-state index in [9.17, 15) is 9.90 Å². The van der Waals surface area contributed by atoms with Crippen LogP contribution in [-0.4, -0.2) is 23.7 Å². The number of aliphatic hydroxyl groups is 1. The molecule has 1 amide bonds. The second-order valence-electron chi connectivity index (χ2n) is 4.49. The van der Waals surface area contributed by atoms with E-state index in [1.165, 1.54) is 18.4 Å². The van der Waals surface area contributed by atoms with Crippen LogP contribution < -0.4 is 5.32 Å². The fourth-order valence-electron chi connectivity index (χ4n) is 1.92. The number of carbonyl (C=O) groups excluding carboxylic acids is 1. The molecule has 0 bridgehead atoms. The van der Waals surface area contributed by atoms with Gasteiger partial charge in [0.25, 0.3) is 0 Å². The Balaban J connectivity index is 2.13.